The molecule has 3 aromatic carbocycles. The van der Waals surface area contributed by atoms with E-state index in [0.717, 1.165) is 100 Å². The molecule has 0 spiro atoms. The molecule has 106 heavy (non-hydrogen) atoms. The van der Waals surface area contributed by atoms with E-state index in [4.69, 9.17) is 43.4 Å². The molecule has 2 N–H and O–H groups in total. The zero-order valence-electron chi connectivity index (χ0n) is 70.3. The first-order valence-electron chi connectivity index (χ1n) is 46.0. The van der Waals surface area contributed by atoms with Crippen molar-refractivity contribution in [2.45, 2.75) is 440 Å². The Balaban J connectivity index is 1.74. The van der Waals surface area contributed by atoms with Crippen LogP contribution in [0.25, 0.3) is 11.4 Å². The van der Waals surface area contributed by atoms with Gasteiger partial charge in [0.1, 0.15) is 0 Å². The van der Waals surface area contributed by atoms with Crippen molar-refractivity contribution in [2.75, 3.05) is 50.3 Å². The number of aromatic nitrogens is 3. The van der Waals surface area contributed by atoms with Crippen LogP contribution in [-0.4, -0.2) is 54.6 Å². The highest BCUT2D eigenvalue weighted by Gasteiger charge is 2.21. The standard InChI is InChI=1S/C95H165N5O6/c1-8-15-21-27-33-39-45-51-57-63-73-101-87-79-85(80-88(102-74-64-58-52-46-40-34-28-22-16-9-2)91(87)105-77-67-61-55-49-43-37-31-25-19-12-5)96-94-98-93(84-71-69-83(14-7)70-72-84)99-95(100-94)97-86-81-89(103-75-65-59-53-47-41-35-29-23-17-10-3)92(106-78-68-62-56-50-44-38-32-26-20-13-6)90(82-86)104-76-66-60-54-48-42-36-30-24-18-11-4/h69-72,79-82H,8-68,73-78H2,1-7H3,(H2,96,97,98,99,100). The van der Waals surface area contributed by atoms with Crippen LogP contribution in [0.15, 0.2) is 48.5 Å². The minimum atomic E-state index is 0.402. The fourth-order valence-corrected chi connectivity index (χ4v) is 14.4. The molecular formula is C95H165N5O6. The quantitative estimate of drug-likeness (QED) is 0.0412. The molecule has 0 fully saturated rings. The van der Waals surface area contributed by atoms with Gasteiger partial charge in [-0.05, 0) is 50.5 Å². The Bertz CT molecular complexity index is 2370. The van der Waals surface area contributed by atoms with Gasteiger partial charge in [0.2, 0.25) is 23.4 Å². The van der Waals surface area contributed by atoms with E-state index in [1.54, 1.807) is 0 Å². The minimum absolute atomic E-state index is 0.402. The van der Waals surface area contributed by atoms with E-state index in [-0.39, 0.29) is 0 Å². The highest BCUT2D eigenvalue weighted by molar-refractivity contribution is 5.70. The zero-order chi connectivity index (χ0) is 75.3. The summed E-state index contributed by atoms with van der Waals surface area (Å²) in [7, 11) is 0. The summed E-state index contributed by atoms with van der Waals surface area (Å²) >= 11 is 0. The molecule has 0 unspecified atom stereocenters. The number of rotatable bonds is 78. The predicted octanol–water partition coefficient (Wildman–Crippen LogP) is 31.4. The Labute approximate surface area is 653 Å². The normalized spacial score (nSPS) is 11.4. The monoisotopic (exact) mass is 1470 g/mol. The Kier molecular flexibility index (Phi) is 60.1. The highest BCUT2D eigenvalue weighted by atomic mass is 16.5. The number of benzene rings is 3. The molecule has 1 aromatic heterocycles. The van der Waals surface area contributed by atoms with Gasteiger partial charge in [0.15, 0.2) is 28.8 Å². The fourth-order valence-electron chi connectivity index (χ4n) is 14.4. The van der Waals surface area contributed by atoms with Gasteiger partial charge < -0.3 is 39.1 Å². The molecule has 0 amide bonds. The van der Waals surface area contributed by atoms with Crippen molar-refractivity contribution in [2.24, 2.45) is 0 Å². The van der Waals surface area contributed by atoms with Gasteiger partial charge in [0.05, 0.1) is 39.6 Å². The lowest BCUT2D eigenvalue weighted by atomic mass is 10.1. The van der Waals surface area contributed by atoms with Gasteiger partial charge in [-0.15, -0.1) is 0 Å². The molecule has 1 heterocycles. The Hall–Kier alpha value is -4.93. The summed E-state index contributed by atoms with van der Waals surface area (Å²) < 4.78 is 41.4. The molecule has 0 atom stereocenters. The molecule has 11 nitrogen and oxygen atoms in total. The first kappa shape index (κ1) is 93.4. The van der Waals surface area contributed by atoms with E-state index in [1.807, 2.05) is 0 Å². The molecular weight excluding hydrogens is 1310 g/mol. The summed E-state index contributed by atoms with van der Waals surface area (Å²) in [6.07, 6.45) is 77.0. The first-order chi connectivity index (χ1) is 52.5. The zero-order valence-corrected chi connectivity index (χ0v) is 70.3. The lowest BCUT2D eigenvalue weighted by Gasteiger charge is -2.20. The highest BCUT2D eigenvalue weighted by Crippen LogP contribution is 2.44. The summed E-state index contributed by atoms with van der Waals surface area (Å²) in [4.78, 5) is 15.6. The number of hydrogen-bond donors (Lipinski definition) is 2. The largest absolute Gasteiger partial charge is 0.489 e. The van der Waals surface area contributed by atoms with Crippen molar-refractivity contribution in [1.29, 1.82) is 0 Å². The molecule has 0 aliphatic heterocycles. The summed E-state index contributed by atoms with van der Waals surface area (Å²) in [5.41, 5.74) is 3.69. The van der Waals surface area contributed by atoms with Crippen molar-refractivity contribution in [1.82, 2.24) is 15.0 Å². The molecule has 11 heteroatoms. The number of nitrogens with zero attached hydrogens (tertiary/aromatic N) is 3. The van der Waals surface area contributed by atoms with Crippen LogP contribution >= 0.6 is 0 Å². The van der Waals surface area contributed by atoms with Crippen LogP contribution in [0.2, 0.25) is 0 Å². The van der Waals surface area contributed by atoms with E-state index in [0.29, 0.717) is 91.9 Å². The van der Waals surface area contributed by atoms with Gasteiger partial charge in [-0.25, -0.2) is 0 Å². The van der Waals surface area contributed by atoms with E-state index >= 15 is 0 Å². The summed E-state index contributed by atoms with van der Waals surface area (Å²) in [5, 5.41) is 7.39. The van der Waals surface area contributed by atoms with Gasteiger partial charge in [-0.3, -0.25) is 0 Å². The number of aryl methyl sites for hydroxylation is 1. The SMILES string of the molecule is CCCCCCCCCCCCOc1cc(Nc2nc(Nc3cc(OCCCCCCCCCCCC)c(OCCCCCCCCCCCC)c(OCCCCCCCCCCCC)c3)nc(-c3ccc(CC)cc3)n2)cc(OCCCCCCCCCCCC)c1OCCCCCCCCCCCC. The van der Waals surface area contributed by atoms with Crippen LogP contribution in [0.1, 0.15) is 439 Å². The average Bonchev–Trinajstić information content (AvgIpc) is 0.811. The molecule has 0 aliphatic rings. The van der Waals surface area contributed by atoms with Crippen LogP contribution in [0.4, 0.5) is 23.3 Å². The van der Waals surface area contributed by atoms with Crippen LogP contribution in [0, 0.1) is 0 Å². The van der Waals surface area contributed by atoms with E-state index < -0.39 is 0 Å². The molecule has 0 aliphatic carbocycles. The third kappa shape index (κ3) is 47.9. The molecule has 4 aromatic rings. The maximum atomic E-state index is 6.90. The van der Waals surface area contributed by atoms with Crippen molar-refractivity contribution < 1.29 is 28.4 Å². The van der Waals surface area contributed by atoms with Crippen LogP contribution in [0.3, 0.4) is 0 Å². The third-order valence-electron chi connectivity index (χ3n) is 21.3. The summed E-state index contributed by atoms with van der Waals surface area (Å²) in [5.74, 6) is 5.53. The summed E-state index contributed by atoms with van der Waals surface area (Å²) in [6.45, 7) is 19.6. The summed E-state index contributed by atoms with van der Waals surface area (Å²) in [6, 6.07) is 16.9. The number of hydrogen-bond acceptors (Lipinski definition) is 11. The third-order valence-corrected chi connectivity index (χ3v) is 21.3. The van der Waals surface area contributed by atoms with Gasteiger partial charge in [0.25, 0.3) is 0 Å². The van der Waals surface area contributed by atoms with Crippen molar-refractivity contribution in [3.63, 3.8) is 0 Å². The van der Waals surface area contributed by atoms with E-state index in [9.17, 15) is 0 Å². The number of nitrogens with one attached hydrogen (secondary N) is 2. The van der Waals surface area contributed by atoms with Crippen molar-refractivity contribution in [3.05, 3.63) is 54.1 Å². The van der Waals surface area contributed by atoms with Crippen LogP contribution in [0.5, 0.6) is 34.5 Å². The Morgan fingerprint density at radius 1 is 0.226 bits per heavy atom. The number of unbranched alkanes of at least 4 members (excludes halogenated alkanes) is 54. The van der Waals surface area contributed by atoms with Crippen LogP contribution < -0.4 is 39.1 Å². The lowest BCUT2D eigenvalue weighted by molar-refractivity contribution is 0.234. The molecule has 606 valence electrons. The lowest BCUT2D eigenvalue weighted by Crippen LogP contribution is -2.09. The number of anilines is 4. The predicted molar refractivity (Wildman–Crippen MR) is 458 cm³/mol. The molecule has 0 saturated heterocycles. The Morgan fingerprint density at radius 2 is 0.425 bits per heavy atom. The maximum Gasteiger partial charge on any atom is 0.232 e. The topological polar surface area (TPSA) is 118 Å². The molecule has 0 saturated carbocycles. The smallest absolute Gasteiger partial charge is 0.232 e. The van der Waals surface area contributed by atoms with Gasteiger partial charge in [0, 0.05) is 41.2 Å². The fraction of sp³-hybridized carbons (Fsp3) is 0.779. The second kappa shape index (κ2) is 68.1. The second-order valence-electron chi connectivity index (χ2n) is 31.4. The Morgan fingerprint density at radius 3 is 0.632 bits per heavy atom. The van der Waals surface area contributed by atoms with Crippen molar-refractivity contribution in [3.8, 4) is 45.9 Å². The van der Waals surface area contributed by atoms with Crippen LogP contribution in [-0.2, 0) is 6.42 Å². The average molecular weight is 1470 g/mol. The van der Waals surface area contributed by atoms with E-state index in [1.165, 1.54) is 314 Å². The maximum absolute atomic E-state index is 6.90. The second-order valence-corrected chi connectivity index (χ2v) is 31.4. The number of ether oxygens (including phenoxy) is 6. The van der Waals surface area contributed by atoms with E-state index in [2.05, 4.69) is 108 Å². The van der Waals surface area contributed by atoms with Crippen molar-refractivity contribution >= 4 is 23.3 Å². The van der Waals surface area contributed by atoms with Gasteiger partial charge in [-0.1, -0.05) is 419 Å². The molecule has 0 radical (unpaired) electrons. The molecule has 4 rings (SSSR count). The van der Waals surface area contributed by atoms with Gasteiger partial charge >= 0.3 is 0 Å². The minimum Gasteiger partial charge on any atom is -0.489 e. The first-order valence-corrected chi connectivity index (χ1v) is 46.0. The van der Waals surface area contributed by atoms with Gasteiger partial charge in [-0.2, -0.15) is 15.0 Å². The molecule has 0 bridgehead atoms.